The Kier molecular flexibility index (Phi) is 5.54. The number of fused-ring (bicyclic) bond motifs is 1. The predicted molar refractivity (Wildman–Crippen MR) is 89.8 cm³/mol. The summed E-state index contributed by atoms with van der Waals surface area (Å²) in [5.41, 5.74) is 4.53. The molecule has 0 radical (unpaired) electrons. The highest BCUT2D eigenvalue weighted by molar-refractivity contribution is 5.83. The van der Waals surface area contributed by atoms with Crippen LogP contribution in [-0.2, 0) is 20.7 Å². The van der Waals surface area contributed by atoms with Gasteiger partial charge in [-0.1, -0.05) is 0 Å². The summed E-state index contributed by atoms with van der Waals surface area (Å²) in [6.07, 6.45) is -0.0895. The van der Waals surface area contributed by atoms with Gasteiger partial charge in [-0.05, 0) is 46.6 Å². The van der Waals surface area contributed by atoms with Crippen LogP contribution in [0.3, 0.4) is 0 Å². The van der Waals surface area contributed by atoms with Crippen molar-refractivity contribution in [1.82, 2.24) is 19.9 Å². The van der Waals surface area contributed by atoms with E-state index >= 15 is 0 Å². The van der Waals surface area contributed by atoms with Gasteiger partial charge in [0.15, 0.2) is 11.8 Å². The van der Waals surface area contributed by atoms with Crippen molar-refractivity contribution in [2.75, 3.05) is 6.54 Å². The van der Waals surface area contributed by atoms with E-state index in [-0.39, 0.29) is 12.3 Å². The van der Waals surface area contributed by atoms with Gasteiger partial charge in [0.25, 0.3) is 5.91 Å². The van der Waals surface area contributed by atoms with Gasteiger partial charge >= 0.3 is 5.97 Å². The molecule has 2 heterocycles. The maximum atomic E-state index is 12.0. The van der Waals surface area contributed by atoms with Gasteiger partial charge in [0, 0.05) is 30.4 Å². The molecular weight excluding hydrogens is 308 g/mol. The summed E-state index contributed by atoms with van der Waals surface area (Å²) >= 11 is 0. The Hall–Kier alpha value is -2.44. The molecule has 0 bridgehead atoms. The monoisotopic (exact) mass is 332 g/mol. The third-order valence-corrected chi connectivity index (χ3v) is 3.89. The van der Waals surface area contributed by atoms with Crippen molar-refractivity contribution in [2.45, 2.75) is 53.6 Å². The summed E-state index contributed by atoms with van der Waals surface area (Å²) in [4.78, 5) is 28.1. The molecular formula is C17H24N4O3. The van der Waals surface area contributed by atoms with E-state index in [0.717, 1.165) is 28.3 Å². The number of ether oxygens (including phenoxy) is 1. The zero-order valence-corrected chi connectivity index (χ0v) is 14.8. The Labute approximate surface area is 141 Å². The zero-order valence-electron chi connectivity index (χ0n) is 14.8. The van der Waals surface area contributed by atoms with Gasteiger partial charge in [0.1, 0.15) is 0 Å². The number of hydrogen-bond donors (Lipinski definition) is 1. The molecule has 1 N–H and O–H groups in total. The fourth-order valence-corrected chi connectivity index (χ4v) is 2.66. The lowest BCUT2D eigenvalue weighted by Crippen LogP contribution is -2.35. The van der Waals surface area contributed by atoms with Crippen LogP contribution in [0.2, 0.25) is 0 Å². The molecule has 7 heteroatoms. The van der Waals surface area contributed by atoms with Crippen molar-refractivity contribution in [3.05, 3.63) is 28.7 Å². The lowest BCUT2D eigenvalue weighted by Gasteiger charge is -2.14. The number of likely N-dealkylation sites (N-methyl/N-ethyl adjacent to an activating group) is 1. The Bertz CT molecular complexity index is 767. The molecule has 2 aromatic heterocycles. The van der Waals surface area contributed by atoms with E-state index in [2.05, 4.69) is 15.4 Å². The van der Waals surface area contributed by atoms with Crippen LogP contribution in [0.5, 0.6) is 0 Å². The Morgan fingerprint density at radius 1 is 1.33 bits per heavy atom. The highest BCUT2D eigenvalue weighted by Crippen LogP contribution is 2.17. The van der Waals surface area contributed by atoms with Crippen LogP contribution in [0.4, 0.5) is 0 Å². The van der Waals surface area contributed by atoms with Crippen LogP contribution in [0.15, 0.2) is 6.07 Å². The molecule has 0 saturated heterocycles. The van der Waals surface area contributed by atoms with Gasteiger partial charge in [-0.3, -0.25) is 9.59 Å². The molecule has 0 aromatic carbocycles. The molecule has 2 rings (SSSR count). The van der Waals surface area contributed by atoms with E-state index < -0.39 is 12.1 Å². The number of hydrogen-bond acceptors (Lipinski definition) is 5. The lowest BCUT2D eigenvalue weighted by molar-refractivity contribution is -0.154. The topological polar surface area (TPSA) is 85.6 Å². The number of aromatic nitrogens is 3. The van der Waals surface area contributed by atoms with Crippen molar-refractivity contribution in [2.24, 2.45) is 0 Å². The fraction of sp³-hybridized carbons (Fsp3) is 0.529. The van der Waals surface area contributed by atoms with E-state index in [1.54, 1.807) is 11.4 Å². The Balaban J connectivity index is 2.05. The molecule has 0 unspecified atom stereocenters. The number of nitrogens with one attached hydrogen (secondary N) is 1. The summed E-state index contributed by atoms with van der Waals surface area (Å²) in [7, 11) is 0. The fourth-order valence-electron chi connectivity index (χ4n) is 2.66. The summed E-state index contributed by atoms with van der Waals surface area (Å²) in [6.45, 7) is 9.70. The molecule has 0 aliphatic carbocycles. The average molecular weight is 332 g/mol. The molecule has 7 nitrogen and oxygen atoms in total. The minimum atomic E-state index is -0.783. The third-order valence-electron chi connectivity index (χ3n) is 3.89. The van der Waals surface area contributed by atoms with E-state index in [4.69, 9.17) is 4.74 Å². The van der Waals surface area contributed by atoms with Crippen LogP contribution in [0.1, 0.15) is 42.9 Å². The SMILES string of the molecule is CCNC(=O)[C@@H](C)OC(=O)CCc1c(C)nc2cc(C)nn2c1C. The quantitative estimate of drug-likeness (QED) is 0.813. The molecule has 0 aliphatic heterocycles. The van der Waals surface area contributed by atoms with Crippen LogP contribution < -0.4 is 5.32 Å². The minimum absolute atomic E-state index is 0.193. The first-order valence-electron chi connectivity index (χ1n) is 8.13. The second-order valence-electron chi connectivity index (χ2n) is 5.84. The van der Waals surface area contributed by atoms with E-state index in [1.807, 2.05) is 33.8 Å². The Morgan fingerprint density at radius 3 is 2.71 bits per heavy atom. The molecule has 1 amide bonds. The molecule has 1 atom stereocenters. The number of carbonyl (C=O) groups excluding carboxylic acids is 2. The van der Waals surface area contributed by atoms with E-state index in [0.29, 0.717) is 13.0 Å². The summed E-state index contributed by atoms with van der Waals surface area (Å²) in [6, 6.07) is 1.92. The highest BCUT2D eigenvalue weighted by Gasteiger charge is 2.18. The molecule has 0 aliphatic rings. The number of esters is 1. The smallest absolute Gasteiger partial charge is 0.306 e. The molecule has 2 aromatic rings. The predicted octanol–water partition coefficient (Wildman–Crippen LogP) is 1.65. The standard InChI is InChI=1S/C17H24N4O3/c1-6-18-17(23)13(5)24-16(22)8-7-14-11(3)19-15-9-10(2)20-21(15)12(14)4/h9,13H,6-8H2,1-5H3,(H,18,23)/t13-/m1/s1. The van der Waals surface area contributed by atoms with Crippen molar-refractivity contribution < 1.29 is 14.3 Å². The van der Waals surface area contributed by atoms with Crippen LogP contribution in [-0.4, -0.2) is 39.1 Å². The highest BCUT2D eigenvalue weighted by atomic mass is 16.5. The average Bonchev–Trinajstić information content (AvgIpc) is 2.87. The van der Waals surface area contributed by atoms with Gasteiger partial charge in [-0.2, -0.15) is 5.10 Å². The molecule has 0 spiro atoms. The molecule has 0 fully saturated rings. The lowest BCUT2D eigenvalue weighted by atomic mass is 10.1. The second kappa shape index (κ2) is 7.42. The van der Waals surface area contributed by atoms with Gasteiger partial charge in [-0.15, -0.1) is 0 Å². The number of aryl methyl sites for hydroxylation is 3. The normalized spacial score (nSPS) is 12.2. The minimum Gasteiger partial charge on any atom is -0.453 e. The van der Waals surface area contributed by atoms with Crippen molar-refractivity contribution in [3.8, 4) is 0 Å². The number of amides is 1. The number of rotatable bonds is 6. The van der Waals surface area contributed by atoms with E-state index in [9.17, 15) is 9.59 Å². The van der Waals surface area contributed by atoms with Gasteiger partial charge < -0.3 is 10.1 Å². The first-order valence-corrected chi connectivity index (χ1v) is 8.13. The first kappa shape index (κ1) is 17.9. The molecule has 130 valence electrons. The van der Waals surface area contributed by atoms with Crippen molar-refractivity contribution in [3.63, 3.8) is 0 Å². The van der Waals surface area contributed by atoms with Crippen molar-refractivity contribution >= 4 is 17.5 Å². The van der Waals surface area contributed by atoms with Crippen molar-refractivity contribution in [1.29, 1.82) is 0 Å². The maximum Gasteiger partial charge on any atom is 0.306 e. The molecule has 0 saturated carbocycles. The second-order valence-corrected chi connectivity index (χ2v) is 5.84. The third kappa shape index (κ3) is 3.90. The number of carbonyl (C=O) groups is 2. The van der Waals surface area contributed by atoms with Gasteiger partial charge in [0.2, 0.25) is 0 Å². The summed E-state index contributed by atoms with van der Waals surface area (Å²) < 4.78 is 6.96. The zero-order chi connectivity index (χ0) is 17.9. The Morgan fingerprint density at radius 2 is 2.04 bits per heavy atom. The molecule has 24 heavy (non-hydrogen) atoms. The largest absolute Gasteiger partial charge is 0.453 e. The summed E-state index contributed by atoms with van der Waals surface area (Å²) in [5.74, 6) is -0.683. The summed E-state index contributed by atoms with van der Waals surface area (Å²) in [5, 5.41) is 7.05. The maximum absolute atomic E-state index is 12.0. The van der Waals surface area contributed by atoms with Crippen LogP contribution in [0.25, 0.3) is 5.65 Å². The van der Waals surface area contributed by atoms with Gasteiger partial charge in [-0.25, -0.2) is 9.50 Å². The van der Waals surface area contributed by atoms with Gasteiger partial charge in [0.05, 0.1) is 5.69 Å². The number of nitrogens with zero attached hydrogens (tertiary/aromatic N) is 3. The first-order chi connectivity index (χ1) is 11.3. The van der Waals surface area contributed by atoms with E-state index in [1.165, 1.54) is 0 Å². The van der Waals surface area contributed by atoms with Crippen LogP contribution >= 0.6 is 0 Å². The van der Waals surface area contributed by atoms with Crippen LogP contribution in [0, 0.1) is 20.8 Å².